The van der Waals surface area contributed by atoms with Crippen LogP contribution in [0.5, 0.6) is 11.5 Å². The predicted octanol–water partition coefficient (Wildman–Crippen LogP) is 6.78. The van der Waals surface area contributed by atoms with Crippen LogP contribution in [0.1, 0.15) is 66.7 Å². The molecule has 0 bridgehead atoms. The monoisotopic (exact) mass is 691 g/mol. The second-order valence-corrected chi connectivity index (χ2v) is 15.1. The number of para-hydroxylation sites is 1. The minimum absolute atomic E-state index is 0.126. The van der Waals surface area contributed by atoms with Crippen molar-refractivity contribution in [3.05, 3.63) is 87.7 Å². The molecule has 248 valence electrons. The van der Waals surface area contributed by atoms with E-state index in [-0.39, 0.29) is 33.6 Å². The summed E-state index contributed by atoms with van der Waals surface area (Å²) in [4.78, 5) is 10.2. The topological polar surface area (TPSA) is 110 Å². The number of H-pyrrole nitrogens is 1. The maximum Gasteiger partial charge on any atom is 0.451 e. The van der Waals surface area contributed by atoms with E-state index in [2.05, 4.69) is 20.0 Å². The first-order valence-electron chi connectivity index (χ1n) is 15.2. The second-order valence-electron chi connectivity index (χ2n) is 12.3. The Hall–Kier alpha value is -3.75. The Morgan fingerprint density at radius 2 is 1.85 bits per heavy atom. The number of hydrogen-bond donors (Lipinski definition) is 1. The highest BCUT2D eigenvalue weighted by atomic mass is 35.5. The molecule has 3 aliphatic rings. The highest BCUT2D eigenvalue weighted by Crippen LogP contribution is 2.50. The van der Waals surface area contributed by atoms with Gasteiger partial charge < -0.3 is 9.47 Å². The van der Waals surface area contributed by atoms with Gasteiger partial charge in [0.1, 0.15) is 5.82 Å². The molecule has 1 N–H and O–H groups in total. The molecule has 4 heterocycles. The van der Waals surface area contributed by atoms with Gasteiger partial charge in [-0.1, -0.05) is 23.7 Å². The fourth-order valence-electron chi connectivity index (χ4n) is 6.26. The van der Waals surface area contributed by atoms with Gasteiger partial charge >= 0.3 is 6.18 Å². The van der Waals surface area contributed by atoms with E-state index in [4.69, 9.17) is 21.1 Å². The van der Waals surface area contributed by atoms with Gasteiger partial charge in [-0.2, -0.15) is 18.3 Å². The zero-order valence-corrected chi connectivity index (χ0v) is 26.7. The normalized spacial score (nSPS) is 20.6. The fraction of sp³-hybridized carbons (Fsp3) is 0.406. The number of nitrogens with zero attached hydrogens (tertiary/aromatic N) is 4. The van der Waals surface area contributed by atoms with Crippen LogP contribution in [-0.2, 0) is 34.1 Å². The molecule has 2 aliphatic heterocycles. The van der Waals surface area contributed by atoms with Crippen molar-refractivity contribution < 1.29 is 35.5 Å². The van der Waals surface area contributed by atoms with E-state index in [9.17, 15) is 26.0 Å². The Morgan fingerprint density at radius 3 is 2.53 bits per heavy atom. The molecular formula is C32H30ClF4N5O4S. The maximum absolute atomic E-state index is 14.8. The number of benzene rings is 2. The third kappa shape index (κ3) is 6.42. The molecule has 2 aromatic heterocycles. The minimum atomic E-state index is -4.70. The van der Waals surface area contributed by atoms with Gasteiger partial charge in [0.25, 0.3) is 5.79 Å². The van der Waals surface area contributed by atoms with E-state index in [1.165, 1.54) is 18.3 Å². The number of fused-ring (bicyclic) bond motifs is 1. The van der Waals surface area contributed by atoms with Crippen molar-refractivity contribution in [3.8, 4) is 22.9 Å². The molecule has 0 radical (unpaired) electrons. The van der Waals surface area contributed by atoms with Crippen LogP contribution in [0.2, 0.25) is 5.02 Å². The number of aromatic amines is 1. The van der Waals surface area contributed by atoms with Gasteiger partial charge in [-0.05, 0) is 80.6 Å². The van der Waals surface area contributed by atoms with Gasteiger partial charge in [0.15, 0.2) is 27.2 Å². The molecule has 1 saturated carbocycles. The van der Waals surface area contributed by atoms with E-state index in [1.807, 2.05) is 17.2 Å². The number of alkyl halides is 3. The summed E-state index contributed by atoms with van der Waals surface area (Å²) in [5.41, 5.74) is 2.37. The molecule has 2 aromatic carbocycles. The lowest BCUT2D eigenvalue weighted by atomic mass is 9.88. The van der Waals surface area contributed by atoms with Crippen LogP contribution in [0.15, 0.2) is 48.7 Å². The lowest BCUT2D eigenvalue weighted by Gasteiger charge is -2.33. The first-order valence-corrected chi connectivity index (χ1v) is 17.3. The number of nitrogens with one attached hydrogen (secondary N) is 1. The van der Waals surface area contributed by atoms with E-state index < -0.39 is 38.7 Å². The Labute approximate surface area is 273 Å². The van der Waals surface area contributed by atoms with Crippen molar-refractivity contribution in [1.82, 2.24) is 25.1 Å². The van der Waals surface area contributed by atoms with Crippen LogP contribution in [0.3, 0.4) is 0 Å². The third-order valence-corrected chi connectivity index (χ3v) is 11.3. The largest absolute Gasteiger partial charge is 0.451 e. The number of sulfone groups is 1. The summed E-state index contributed by atoms with van der Waals surface area (Å²) >= 11 is 5.95. The van der Waals surface area contributed by atoms with E-state index in [0.29, 0.717) is 55.2 Å². The molecule has 47 heavy (non-hydrogen) atoms. The predicted molar refractivity (Wildman–Crippen MR) is 164 cm³/mol. The van der Waals surface area contributed by atoms with Gasteiger partial charge in [0.05, 0.1) is 22.3 Å². The molecule has 1 saturated heterocycles. The van der Waals surface area contributed by atoms with Crippen molar-refractivity contribution in [2.24, 2.45) is 0 Å². The number of aromatic nitrogens is 4. The number of pyridine rings is 1. The van der Waals surface area contributed by atoms with Crippen LogP contribution in [0.4, 0.5) is 17.6 Å². The van der Waals surface area contributed by atoms with Crippen LogP contribution in [0.25, 0.3) is 11.4 Å². The van der Waals surface area contributed by atoms with Gasteiger partial charge in [0, 0.05) is 35.8 Å². The lowest BCUT2D eigenvalue weighted by molar-refractivity contribution is -0.144. The lowest BCUT2D eigenvalue weighted by Crippen LogP contribution is -2.34. The number of piperidine rings is 1. The Balaban J connectivity index is 1.07. The first-order chi connectivity index (χ1) is 22.3. The summed E-state index contributed by atoms with van der Waals surface area (Å²) in [7, 11) is -3.45. The average Bonchev–Trinajstić information content (AvgIpc) is 3.65. The smallest absolute Gasteiger partial charge is 0.444 e. The molecule has 2 fully saturated rings. The number of halogens is 5. The van der Waals surface area contributed by atoms with Crippen LogP contribution >= 0.6 is 11.6 Å². The number of rotatable bonds is 8. The maximum atomic E-state index is 14.8. The molecule has 0 spiro atoms. The van der Waals surface area contributed by atoms with Gasteiger partial charge in [-0.15, -0.1) is 0 Å². The molecule has 7 rings (SSSR count). The standard InChI is InChI=1S/C32H30ClF4N5O4S/c1-31(24-8-5-21(33)14-25(24)34)45-27-4-2-3-23(28(27)46-31)18-9-11-42(12-10-18)16-26-20(17-47(43,44)22-6-7-22)13-19(15-38-26)29-39-30(41-40-29)32(35,36)37/h2-5,8,13-15,18,22H,6-7,9-12,16-17H2,1H3,(H,39,40,41)/t31-/m0/s1. The van der Waals surface area contributed by atoms with Crippen LogP contribution < -0.4 is 9.47 Å². The zero-order valence-electron chi connectivity index (χ0n) is 25.2. The zero-order chi connectivity index (χ0) is 33.1. The third-order valence-electron chi connectivity index (χ3n) is 8.89. The van der Waals surface area contributed by atoms with E-state index >= 15 is 0 Å². The van der Waals surface area contributed by atoms with Crippen molar-refractivity contribution in [2.75, 3.05) is 13.1 Å². The summed E-state index contributed by atoms with van der Waals surface area (Å²) in [5.74, 6) is -2.37. The molecule has 1 atom stereocenters. The first kappa shape index (κ1) is 31.8. The highest BCUT2D eigenvalue weighted by Gasteiger charge is 2.43. The van der Waals surface area contributed by atoms with Crippen molar-refractivity contribution in [2.45, 2.75) is 68.0 Å². The number of hydrogen-bond acceptors (Lipinski definition) is 8. The Morgan fingerprint density at radius 1 is 1.09 bits per heavy atom. The minimum Gasteiger partial charge on any atom is -0.444 e. The molecule has 15 heteroatoms. The molecular weight excluding hydrogens is 662 g/mol. The molecule has 0 unspecified atom stereocenters. The molecule has 1 aliphatic carbocycles. The second kappa shape index (κ2) is 11.7. The summed E-state index contributed by atoms with van der Waals surface area (Å²) < 4.78 is 92.5. The summed E-state index contributed by atoms with van der Waals surface area (Å²) in [6, 6.07) is 11.6. The fourth-order valence-corrected chi connectivity index (χ4v) is 8.19. The molecule has 0 amide bonds. The molecule has 9 nitrogen and oxygen atoms in total. The number of ether oxygens (including phenoxy) is 2. The Kier molecular flexibility index (Phi) is 7.95. The summed E-state index contributed by atoms with van der Waals surface area (Å²) in [5, 5.41) is 5.43. The van der Waals surface area contributed by atoms with Gasteiger partial charge in [-0.3, -0.25) is 15.0 Å². The summed E-state index contributed by atoms with van der Waals surface area (Å²) in [6.45, 7) is 3.38. The van der Waals surface area contributed by atoms with Crippen LogP contribution in [0, 0.1) is 5.82 Å². The van der Waals surface area contributed by atoms with E-state index in [0.717, 1.165) is 18.4 Å². The van der Waals surface area contributed by atoms with Crippen molar-refractivity contribution in [1.29, 1.82) is 0 Å². The quantitative estimate of drug-likeness (QED) is 0.202. The Bertz CT molecular complexity index is 1940. The van der Waals surface area contributed by atoms with Crippen molar-refractivity contribution >= 4 is 21.4 Å². The SMILES string of the molecule is C[C@]1(c2ccc(Cl)cc2F)Oc2cccc(C3CCN(Cc4ncc(-c5n[nH]c(C(F)(F)F)n5)cc4CS(=O)(=O)C4CC4)CC3)c2O1. The highest BCUT2D eigenvalue weighted by molar-refractivity contribution is 7.91. The number of likely N-dealkylation sites (tertiary alicyclic amines) is 1. The van der Waals surface area contributed by atoms with Crippen molar-refractivity contribution in [3.63, 3.8) is 0 Å². The average molecular weight is 692 g/mol. The summed E-state index contributed by atoms with van der Waals surface area (Å²) in [6.07, 6.45) is -0.603. The van der Waals surface area contributed by atoms with E-state index in [1.54, 1.807) is 25.1 Å². The molecule has 4 aromatic rings. The van der Waals surface area contributed by atoms with Crippen LogP contribution in [-0.4, -0.2) is 51.8 Å². The van der Waals surface area contributed by atoms with Gasteiger partial charge in [-0.25, -0.2) is 17.8 Å². The van der Waals surface area contributed by atoms with Gasteiger partial charge in [0.2, 0.25) is 5.82 Å².